The van der Waals surface area contributed by atoms with E-state index in [1.807, 2.05) is 30.2 Å². The second-order valence-corrected chi connectivity index (χ2v) is 9.60. The minimum Gasteiger partial charge on any atom is -0.354 e. The number of hydrogen-bond acceptors (Lipinski definition) is 7. The van der Waals surface area contributed by atoms with Crippen molar-refractivity contribution >= 4 is 27.4 Å². The summed E-state index contributed by atoms with van der Waals surface area (Å²) < 4.78 is 29.6. The number of aryl methyl sites for hydroxylation is 2. The fraction of sp³-hybridized carbons (Fsp3) is 0.333. The Labute approximate surface area is 186 Å². The third-order valence-corrected chi connectivity index (χ3v) is 7.33. The minimum absolute atomic E-state index is 0.202. The maximum Gasteiger partial charge on any atom is 0.243 e. The number of anilines is 2. The molecule has 32 heavy (non-hydrogen) atoms. The monoisotopic (exact) mass is 455 g/mol. The highest BCUT2D eigenvalue weighted by Crippen LogP contribution is 2.25. The zero-order chi connectivity index (χ0) is 22.9. The van der Waals surface area contributed by atoms with E-state index >= 15 is 0 Å². The van der Waals surface area contributed by atoms with Gasteiger partial charge in [0.2, 0.25) is 15.9 Å². The van der Waals surface area contributed by atoms with E-state index in [-0.39, 0.29) is 10.8 Å². The van der Waals surface area contributed by atoms with Crippen LogP contribution in [0.25, 0.3) is 5.82 Å². The van der Waals surface area contributed by atoms with Gasteiger partial charge in [0.15, 0.2) is 5.82 Å². The van der Waals surface area contributed by atoms with E-state index in [0.29, 0.717) is 43.2 Å². The van der Waals surface area contributed by atoms with Gasteiger partial charge in [-0.25, -0.2) is 23.1 Å². The van der Waals surface area contributed by atoms with E-state index < -0.39 is 10.0 Å². The molecular formula is C21H25N7O3S. The number of hydrogen-bond donors (Lipinski definition) is 1. The van der Waals surface area contributed by atoms with Crippen LogP contribution in [0.2, 0.25) is 0 Å². The zero-order valence-corrected chi connectivity index (χ0v) is 19.0. The first-order chi connectivity index (χ1) is 15.2. The quantitative estimate of drug-likeness (QED) is 0.623. The molecule has 1 N–H and O–H groups in total. The number of sulfonamides is 1. The van der Waals surface area contributed by atoms with Crippen LogP contribution < -0.4 is 10.2 Å². The molecule has 4 rings (SSSR count). The molecule has 2 aromatic heterocycles. The molecule has 10 nitrogen and oxygen atoms in total. The number of aromatic nitrogens is 4. The Morgan fingerprint density at radius 2 is 1.72 bits per heavy atom. The Bertz CT molecular complexity index is 1250. The number of carbonyl (C=O) groups is 1. The molecule has 1 aromatic carbocycles. The van der Waals surface area contributed by atoms with E-state index in [0.717, 1.165) is 11.5 Å². The maximum absolute atomic E-state index is 13.2. The van der Waals surface area contributed by atoms with Crippen molar-refractivity contribution < 1.29 is 13.2 Å². The molecule has 1 aliphatic heterocycles. The number of rotatable bonds is 5. The van der Waals surface area contributed by atoms with Gasteiger partial charge in [-0.1, -0.05) is 0 Å². The lowest BCUT2D eigenvalue weighted by atomic mass is 10.2. The second-order valence-electron chi connectivity index (χ2n) is 7.69. The molecule has 3 aromatic rings. The SMILES string of the molecule is CC(=O)Nc1ccc(S(=O)(=O)N2CCN(c3cc(-n4ccc(C)n4)ncn3)CC2)c(C)c1. The number of amides is 1. The molecule has 0 bridgehead atoms. The van der Waals surface area contributed by atoms with Crippen molar-refractivity contribution in [2.24, 2.45) is 0 Å². The lowest BCUT2D eigenvalue weighted by molar-refractivity contribution is -0.114. The van der Waals surface area contributed by atoms with Gasteiger partial charge >= 0.3 is 0 Å². The van der Waals surface area contributed by atoms with Gasteiger partial charge in [0.1, 0.15) is 12.1 Å². The summed E-state index contributed by atoms with van der Waals surface area (Å²) in [5.74, 6) is 1.19. The van der Waals surface area contributed by atoms with Crippen LogP contribution >= 0.6 is 0 Å². The standard InChI is InChI=1S/C21H25N7O3S/c1-15-12-18(24-17(3)29)4-5-19(15)32(30,31)27-10-8-26(9-11-27)20-13-21(23-14-22-20)28-7-6-16(2)25-28/h4-7,12-14H,8-11H2,1-3H3,(H,24,29). The van der Waals surface area contributed by atoms with Crippen LogP contribution in [0.4, 0.5) is 11.5 Å². The molecule has 0 unspecified atom stereocenters. The molecule has 1 saturated heterocycles. The van der Waals surface area contributed by atoms with Crippen LogP contribution in [0.3, 0.4) is 0 Å². The van der Waals surface area contributed by atoms with Gasteiger partial charge in [-0.2, -0.15) is 9.40 Å². The molecule has 0 saturated carbocycles. The van der Waals surface area contributed by atoms with Crippen LogP contribution in [0, 0.1) is 13.8 Å². The van der Waals surface area contributed by atoms with Crippen molar-refractivity contribution in [1.82, 2.24) is 24.1 Å². The van der Waals surface area contributed by atoms with Gasteiger partial charge in [-0.05, 0) is 43.7 Å². The van der Waals surface area contributed by atoms with Crippen molar-refractivity contribution in [3.8, 4) is 5.82 Å². The van der Waals surface area contributed by atoms with Gasteiger partial charge in [0.25, 0.3) is 0 Å². The predicted molar refractivity (Wildman–Crippen MR) is 120 cm³/mol. The first-order valence-corrected chi connectivity index (χ1v) is 11.7. The molecule has 0 spiro atoms. The Hall–Kier alpha value is -3.31. The topological polar surface area (TPSA) is 113 Å². The average Bonchev–Trinajstić information content (AvgIpc) is 3.20. The summed E-state index contributed by atoms with van der Waals surface area (Å²) in [7, 11) is -3.64. The zero-order valence-electron chi connectivity index (χ0n) is 18.2. The largest absolute Gasteiger partial charge is 0.354 e. The summed E-state index contributed by atoms with van der Waals surface area (Å²) in [5, 5.41) is 7.05. The molecular weight excluding hydrogens is 430 g/mol. The van der Waals surface area contributed by atoms with Gasteiger partial charge in [-0.15, -0.1) is 0 Å². The van der Waals surface area contributed by atoms with Gasteiger partial charge < -0.3 is 10.2 Å². The summed E-state index contributed by atoms with van der Waals surface area (Å²) in [6.45, 7) is 6.76. The van der Waals surface area contributed by atoms with Gasteiger partial charge in [-0.3, -0.25) is 4.79 Å². The minimum atomic E-state index is -3.64. The summed E-state index contributed by atoms with van der Waals surface area (Å²) >= 11 is 0. The van der Waals surface area contributed by atoms with E-state index in [9.17, 15) is 13.2 Å². The fourth-order valence-corrected chi connectivity index (χ4v) is 5.32. The Kier molecular flexibility index (Phi) is 5.94. The predicted octanol–water partition coefficient (Wildman–Crippen LogP) is 1.75. The maximum atomic E-state index is 13.2. The smallest absolute Gasteiger partial charge is 0.243 e. The number of nitrogens with zero attached hydrogens (tertiary/aromatic N) is 6. The normalized spacial score (nSPS) is 15.0. The fourth-order valence-electron chi connectivity index (χ4n) is 3.69. The highest BCUT2D eigenvalue weighted by molar-refractivity contribution is 7.89. The van der Waals surface area contributed by atoms with Crippen LogP contribution in [-0.4, -0.2) is 64.6 Å². The van der Waals surface area contributed by atoms with Crippen molar-refractivity contribution in [2.45, 2.75) is 25.7 Å². The lowest BCUT2D eigenvalue weighted by Crippen LogP contribution is -2.49. The van der Waals surface area contributed by atoms with Crippen LogP contribution in [0.15, 0.2) is 47.8 Å². The van der Waals surface area contributed by atoms with Gasteiger partial charge in [0.05, 0.1) is 10.6 Å². The molecule has 1 aliphatic rings. The summed E-state index contributed by atoms with van der Waals surface area (Å²) in [6, 6.07) is 8.57. The third kappa shape index (κ3) is 4.48. The average molecular weight is 456 g/mol. The number of carbonyl (C=O) groups excluding carboxylic acids is 1. The summed E-state index contributed by atoms with van der Waals surface area (Å²) in [5.41, 5.74) is 2.06. The Balaban J connectivity index is 1.47. The summed E-state index contributed by atoms with van der Waals surface area (Å²) in [4.78, 5) is 22.2. The van der Waals surface area contributed by atoms with Crippen molar-refractivity contribution in [1.29, 1.82) is 0 Å². The second kappa shape index (κ2) is 8.67. The highest BCUT2D eigenvalue weighted by Gasteiger charge is 2.30. The first kappa shape index (κ1) is 21.9. The lowest BCUT2D eigenvalue weighted by Gasteiger charge is -2.35. The molecule has 3 heterocycles. The number of benzene rings is 1. The summed E-state index contributed by atoms with van der Waals surface area (Å²) in [6.07, 6.45) is 3.33. The van der Waals surface area contributed by atoms with Crippen molar-refractivity contribution in [3.63, 3.8) is 0 Å². The van der Waals surface area contributed by atoms with Crippen LogP contribution in [0.1, 0.15) is 18.2 Å². The molecule has 168 valence electrons. The highest BCUT2D eigenvalue weighted by atomic mass is 32.2. The van der Waals surface area contributed by atoms with E-state index in [4.69, 9.17) is 0 Å². The van der Waals surface area contributed by atoms with E-state index in [2.05, 4.69) is 20.4 Å². The van der Waals surface area contributed by atoms with Crippen LogP contribution in [-0.2, 0) is 14.8 Å². The molecule has 0 atom stereocenters. The Morgan fingerprint density at radius 1 is 1.00 bits per heavy atom. The van der Waals surface area contributed by atoms with E-state index in [1.54, 1.807) is 29.8 Å². The van der Waals surface area contributed by atoms with E-state index in [1.165, 1.54) is 17.6 Å². The van der Waals surface area contributed by atoms with Crippen LogP contribution in [0.5, 0.6) is 0 Å². The number of nitrogens with one attached hydrogen (secondary N) is 1. The molecule has 1 amide bonds. The van der Waals surface area contributed by atoms with Crippen molar-refractivity contribution in [3.05, 3.63) is 54.1 Å². The van der Waals surface area contributed by atoms with Gasteiger partial charge in [0, 0.05) is 51.1 Å². The molecule has 0 radical (unpaired) electrons. The Morgan fingerprint density at radius 3 is 2.34 bits per heavy atom. The molecule has 11 heteroatoms. The molecule has 0 aliphatic carbocycles. The molecule has 1 fully saturated rings. The first-order valence-electron chi connectivity index (χ1n) is 10.2. The number of piperazine rings is 1. The van der Waals surface area contributed by atoms with Crippen molar-refractivity contribution in [2.75, 3.05) is 36.4 Å². The third-order valence-electron chi connectivity index (χ3n) is 5.27.